The minimum Gasteiger partial charge on any atom is -0.378 e. The molecule has 148 valence electrons. The lowest BCUT2D eigenvalue weighted by Gasteiger charge is -2.29. The van der Waals surface area contributed by atoms with Gasteiger partial charge in [-0.2, -0.15) is 0 Å². The second-order valence-electron chi connectivity index (χ2n) is 6.94. The van der Waals surface area contributed by atoms with Crippen LogP contribution >= 0.6 is 35.3 Å². The third kappa shape index (κ3) is 6.97. The summed E-state index contributed by atoms with van der Waals surface area (Å²) in [6.07, 6.45) is 2.91. The van der Waals surface area contributed by atoms with Crippen molar-refractivity contribution in [3.8, 4) is 0 Å². The molecule has 26 heavy (non-hydrogen) atoms. The molecule has 0 bridgehead atoms. The normalized spacial score (nSPS) is 28.3. The van der Waals surface area contributed by atoms with Crippen LogP contribution in [0.4, 0.5) is 0 Å². The number of halogens is 1. The molecule has 0 amide bonds. The van der Waals surface area contributed by atoms with Crippen molar-refractivity contribution < 1.29 is 13.2 Å². The number of thiophene rings is 1. The maximum atomic E-state index is 11.6. The molecule has 0 spiro atoms. The first-order valence-corrected chi connectivity index (χ1v) is 11.6. The van der Waals surface area contributed by atoms with Crippen LogP contribution in [0.2, 0.25) is 0 Å². The first-order chi connectivity index (χ1) is 12.0. The van der Waals surface area contributed by atoms with Crippen molar-refractivity contribution in [1.82, 2.24) is 10.6 Å². The Morgan fingerprint density at radius 3 is 2.92 bits per heavy atom. The van der Waals surface area contributed by atoms with E-state index in [0.717, 1.165) is 31.8 Å². The molecule has 0 radical (unpaired) electrons. The van der Waals surface area contributed by atoms with Crippen molar-refractivity contribution in [1.29, 1.82) is 0 Å². The molecule has 6 nitrogen and oxygen atoms in total. The fourth-order valence-electron chi connectivity index (χ4n) is 3.31. The van der Waals surface area contributed by atoms with Crippen molar-refractivity contribution in [3.63, 3.8) is 0 Å². The largest absolute Gasteiger partial charge is 0.378 e. The summed E-state index contributed by atoms with van der Waals surface area (Å²) in [6.45, 7) is 4.13. The Morgan fingerprint density at radius 2 is 2.27 bits per heavy atom. The number of sulfone groups is 1. The highest BCUT2D eigenvalue weighted by Gasteiger charge is 2.28. The fraction of sp³-hybridized carbons (Fsp3) is 0.706. The number of nitrogens with zero attached hydrogens (tertiary/aromatic N) is 1. The van der Waals surface area contributed by atoms with Gasteiger partial charge in [0.05, 0.1) is 24.2 Å². The van der Waals surface area contributed by atoms with Crippen molar-refractivity contribution in [2.45, 2.75) is 44.9 Å². The summed E-state index contributed by atoms with van der Waals surface area (Å²) in [7, 11) is -2.84. The molecule has 0 aromatic carbocycles. The van der Waals surface area contributed by atoms with Gasteiger partial charge in [-0.05, 0) is 43.6 Å². The average Bonchev–Trinajstić information content (AvgIpc) is 3.19. The van der Waals surface area contributed by atoms with Crippen LogP contribution in [0.1, 0.15) is 31.1 Å². The molecule has 2 aliphatic rings. The van der Waals surface area contributed by atoms with E-state index in [1.807, 2.05) is 6.07 Å². The van der Waals surface area contributed by atoms with E-state index in [4.69, 9.17) is 9.73 Å². The SMILES string of the molecule is CC1CC(NC(=NCc2cccs2)NCC2CCS(=O)(=O)C2)CCO1.I. The van der Waals surface area contributed by atoms with Crippen molar-refractivity contribution in [2.75, 3.05) is 24.7 Å². The third-order valence-electron chi connectivity index (χ3n) is 4.68. The van der Waals surface area contributed by atoms with E-state index in [1.165, 1.54) is 4.88 Å². The molecule has 0 saturated carbocycles. The Morgan fingerprint density at radius 1 is 1.42 bits per heavy atom. The molecular formula is C17H28IN3O3S2. The van der Waals surface area contributed by atoms with Gasteiger partial charge in [0.2, 0.25) is 0 Å². The van der Waals surface area contributed by atoms with E-state index in [2.05, 4.69) is 29.0 Å². The summed E-state index contributed by atoms with van der Waals surface area (Å²) in [5.74, 6) is 1.54. The quantitative estimate of drug-likeness (QED) is 0.359. The Bertz CT molecular complexity index is 679. The highest BCUT2D eigenvalue weighted by atomic mass is 127. The fourth-order valence-corrected chi connectivity index (χ4v) is 5.80. The van der Waals surface area contributed by atoms with Crippen LogP contribution in [-0.2, 0) is 21.1 Å². The first kappa shape index (κ1) is 21.9. The van der Waals surface area contributed by atoms with Crippen LogP contribution in [0.5, 0.6) is 0 Å². The smallest absolute Gasteiger partial charge is 0.191 e. The zero-order valence-electron chi connectivity index (χ0n) is 15.0. The van der Waals surface area contributed by atoms with Crippen LogP contribution in [0, 0.1) is 5.92 Å². The minimum atomic E-state index is -2.84. The lowest BCUT2D eigenvalue weighted by Crippen LogP contribution is -2.48. The first-order valence-electron chi connectivity index (χ1n) is 8.89. The number of hydrogen-bond donors (Lipinski definition) is 2. The predicted octanol–water partition coefficient (Wildman–Crippen LogP) is 2.40. The van der Waals surface area contributed by atoms with E-state index in [0.29, 0.717) is 24.9 Å². The number of ether oxygens (including phenoxy) is 1. The number of hydrogen-bond acceptors (Lipinski definition) is 5. The van der Waals surface area contributed by atoms with Gasteiger partial charge < -0.3 is 15.4 Å². The van der Waals surface area contributed by atoms with Gasteiger partial charge in [-0.3, -0.25) is 0 Å². The third-order valence-corrected chi connectivity index (χ3v) is 7.38. The Balaban J connectivity index is 0.00000243. The molecule has 0 aliphatic carbocycles. The number of rotatable bonds is 5. The minimum absolute atomic E-state index is 0. The van der Waals surface area contributed by atoms with Crippen LogP contribution < -0.4 is 10.6 Å². The van der Waals surface area contributed by atoms with Crippen LogP contribution in [0.15, 0.2) is 22.5 Å². The maximum Gasteiger partial charge on any atom is 0.191 e. The molecule has 3 unspecified atom stereocenters. The molecule has 9 heteroatoms. The lowest BCUT2D eigenvalue weighted by atomic mass is 10.0. The zero-order valence-corrected chi connectivity index (χ0v) is 19.0. The van der Waals surface area contributed by atoms with Gasteiger partial charge >= 0.3 is 0 Å². The van der Waals surface area contributed by atoms with Crippen molar-refractivity contribution in [2.24, 2.45) is 10.9 Å². The summed E-state index contributed by atoms with van der Waals surface area (Å²) < 4.78 is 28.9. The number of guanidine groups is 1. The summed E-state index contributed by atoms with van der Waals surface area (Å²) in [5.41, 5.74) is 0. The summed E-state index contributed by atoms with van der Waals surface area (Å²) in [4.78, 5) is 5.91. The second kappa shape index (κ2) is 10.2. The van der Waals surface area contributed by atoms with Crippen LogP contribution in [-0.4, -0.2) is 51.2 Å². The highest BCUT2D eigenvalue weighted by Crippen LogP contribution is 2.18. The molecule has 3 heterocycles. The molecule has 1 aromatic rings. The van der Waals surface area contributed by atoms with E-state index in [-0.39, 0.29) is 41.8 Å². The summed E-state index contributed by atoms with van der Waals surface area (Å²) in [5, 5.41) is 8.92. The molecule has 2 aliphatic heterocycles. The molecule has 3 atom stereocenters. The lowest BCUT2D eigenvalue weighted by molar-refractivity contribution is 0.0165. The van der Waals surface area contributed by atoms with Gasteiger partial charge in [-0.25, -0.2) is 13.4 Å². The average molecular weight is 513 g/mol. The van der Waals surface area contributed by atoms with Crippen molar-refractivity contribution >= 4 is 51.1 Å². The Hall–Kier alpha value is -0.390. The number of aliphatic imine (C=N–C) groups is 1. The molecule has 3 rings (SSSR count). The number of nitrogens with one attached hydrogen (secondary N) is 2. The van der Waals surface area contributed by atoms with E-state index < -0.39 is 9.84 Å². The summed E-state index contributed by atoms with van der Waals surface area (Å²) >= 11 is 1.69. The maximum absolute atomic E-state index is 11.6. The summed E-state index contributed by atoms with van der Waals surface area (Å²) in [6, 6.07) is 4.44. The Labute approximate surface area is 177 Å². The van der Waals surface area contributed by atoms with Crippen LogP contribution in [0.25, 0.3) is 0 Å². The van der Waals surface area contributed by atoms with E-state index >= 15 is 0 Å². The molecule has 2 fully saturated rings. The highest BCUT2D eigenvalue weighted by molar-refractivity contribution is 14.0. The van der Waals surface area contributed by atoms with Gasteiger partial charge in [-0.1, -0.05) is 6.07 Å². The van der Waals surface area contributed by atoms with E-state index in [9.17, 15) is 8.42 Å². The second-order valence-corrected chi connectivity index (χ2v) is 10.2. The Kier molecular flexibility index (Phi) is 8.62. The standard InChI is InChI=1S/C17H27N3O3S2.HI/c1-13-9-15(4-6-23-13)20-17(19-11-16-3-2-7-24-16)18-10-14-5-8-25(21,22)12-14;/h2-3,7,13-15H,4-6,8-12H2,1H3,(H2,18,19,20);1H. The van der Waals surface area contributed by atoms with Gasteiger partial charge in [0, 0.05) is 24.1 Å². The van der Waals surface area contributed by atoms with E-state index in [1.54, 1.807) is 11.3 Å². The van der Waals surface area contributed by atoms with Gasteiger partial charge in [0.1, 0.15) is 0 Å². The monoisotopic (exact) mass is 513 g/mol. The molecule has 1 aromatic heterocycles. The van der Waals surface area contributed by atoms with Gasteiger partial charge in [-0.15, -0.1) is 35.3 Å². The van der Waals surface area contributed by atoms with Gasteiger partial charge in [0.15, 0.2) is 15.8 Å². The topological polar surface area (TPSA) is 79.8 Å². The molecule has 2 saturated heterocycles. The van der Waals surface area contributed by atoms with Gasteiger partial charge in [0.25, 0.3) is 0 Å². The molecular weight excluding hydrogens is 485 g/mol. The van der Waals surface area contributed by atoms with Crippen LogP contribution in [0.3, 0.4) is 0 Å². The predicted molar refractivity (Wildman–Crippen MR) is 117 cm³/mol. The zero-order chi connectivity index (χ0) is 17.7. The van der Waals surface area contributed by atoms with Crippen molar-refractivity contribution in [3.05, 3.63) is 22.4 Å². The molecule has 2 N–H and O–H groups in total.